The number of amides is 4. The highest BCUT2D eigenvalue weighted by atomic mass is 16.2. The second-order valence-corrected chi connectivity index (χ2v) is 7.87. The second kappa shape index (κ2) is 6.54. The molecule has 2 aromatic rings. The van der Waals surface area contributed by atoms with Crippen LogP contribution in [-0.2, 0) is 4.79 Å². The van der Waals surface area contributed by atoms with E-state index in [1.807, 2.05) is 13.8 Å². The third kappa shape index (κ3) is 2.98. The van der Waals surface area contributed by atoms with Crippen molar-refractivity contribution >= 4 is 28.9 Å². The van der Waals surface area contributed by atoms with Gasteiger partial charge in [0.15, 0.2) is 0 Å². The molecule has 1 aromatic carbocycles. The second-order valence-electron chi connectivity index (χ2n) is 7.87. The molecular formula is C20H23N5O3. The molecule has 2 fully saturated rings. The molecule has 0 radical (unpaired) electrons. The number of carbonyl (C=O) groups excluding carboxylic acids is 3. The number of benzene rings is 1. The van der Waals surface area contributed by atoms with Gasteiger partial charge in [0.25, 0.3) is 11.8 Å². The highest BCUT2D eigenvalue weighted by Gasteiger charge is 2.52. The van der Waals surface area contributed by atoms with E-state index in [0.29, 0.717) is 35.4 Å². The molecule has 28 heavy (non-hydrogen) atoms. The molecule has 1 aromatic heterocycles. The smallest absolute Gasteiger partial charge is 0.322 e. The van der Waals surface area contributed by atoms with Crippen LogP contribution >= 0.6 is 0 Å². The summed E-state index contributed by atoms with van der Waals surface area (Å²) in [5.74, 6) is -0.388. The van der Waals surface area contributed by atoms with Gasteiger partial charge >= 0.3 is 6.03 Å². The zero-order valence-electron chi connectivity index (χ0n) is 16.2. The molecule has 1 aliphatic carbocycles. The molecule has 0 bridgehead atoms. The lowest BCUT2D eigenvalue weighted by Crippen LogP contribution is -2.51. The first kappa shape index (κ1) is 18.3. The Labute approximate surface area is 162 Å². The Kier molecular flexibility index (Phi) is 4.28. The van der Waals surface area contributed by atoms with Crippen LogP contribution in [0.5, 0.6) is 0 Å². The summed E-state index contributed by atoms with van der Waals surface area (Å²) in [5.41, 5.74) is 4.76. The van der Waals surface area contributed by atoms with Crippen LogP contribution in [0.3, 0.4) is 0 Å². The first-order chi connectivity index (χ1) is 13.3. The summed E-state index contributed by atoms with van der Waals surface area (Å²) in [4.78, 5) is 46.8. The van der Waals surface area contributed by atoms with E-state index in [-0.39, 0.29) is 5.91 Å². The van der Waals surface area contributed by atoms with Crippen molar-refractivity contribution in [2.24, 2.45) is 5.92 Å². The maximum atomic E-state index is 12.9. The first-order valence-electron chi connectivity index (χ1n) is 9.52. The van der Waals surface area contributed by atoms with Crippen LogP contribution in [0.4, 0.5) is 4.79 Å². The minimum Gasteiger partial charge on any atom is -0.322 e. The standard InChI is InChI=1S/C20H23N5O3/c1-11-6-8-20(9-7-11)18(27)25(19(28)23-20)24-17(26)14-4-5-15-16(10-14)22-13(3)12(2)21-15/h4-5,10-11H,6-9H2,1-3H3,(H,23,28)(H,24,26). The molecule has 146 valence electrons. The monoisotopic (exact) mass is 381 g/mol. The number of urea groups is 1. The van der Waals surface area contributed by atoms with Crippen molar-refractivity contribution in [1.29, 1.82) is 0 Å². The van der Waals surface area contributed by atoms with Gasteiger partial charge in [-0.15, -0.1) is 0 Å². The molecule has 4 amide bonds. The number of aryl methyl sites for hydroxylation is 2. The minimum atomic E-state index is -0.889. The third-order valence-electron chi connectivity index (χ3n) is 5.84. The molecule has 1 saturated carbocycles. The van der Waals surface area contributed by atoms with Gasteiger partial charge in [-0.2, -0.15) is 5.01 Å². The zero-order valence-corrected chi connectivity index (χ0v) is 16.2. The van der Waals surface area contributed by atoms with Crippen LogP contribution in [0.15, 0.2) is 18.2 Å². The lowest BCUT2D eigenvalue weighted by atomic mass is 9.77. The van der Waals surface area contributed by atoms with Crippen molar-refractivity contribution in [3.8, 4) is 0 Å². The van der Waals surface area contributed by atoms with Gasteiger partial charge in [-0.3, -0.25) is 15.0 Å². The summed E-state index contributed by atoms with van der Waals surface area (Å²) < 4.78 is 0. The fourth-order valence-electron chi connectivity index (χ4n) is 3.85. The molecular weight excluding hydrogens is 358 g/mol. The summed E-state index contributed by atoms with van der Waals surface area (Å²) in [5, 5.41) is 3.60. The van der Waals surface area contributed by atoms with Gasteiger partial charge in [-0.05, 0) is 63.6 Å². The Morgan fingerprint density at radius 1 is 1.14 bits per heavy atom. The number of hydrogen-bond donors (Lipinski definition) is 2. The van der Waals surface area contributed by atoms with E-state index >= 15 is 0 Å². The summed E-state index contributed by atoms with van der Waals surface area (Å²) >= 11 is 0. The number of rotatable bonds is 2. The van der Waals surface area contributed by atoms with E-state index in [4.69, 9.17) is 0 Å². The van der Waals surface area contributed by atoms with Gasteiger partial charge in [-0.1, -0.05) is 6.92 Å². The van der Waals surface area contributed by atoms with Crippen LogP contribution < -0.4 is 10.7 Å². The molecule has 1 spiro atoms. The Bertz CT molecular complexity index is 995. The molecule has 2 N–H and O–H groups in total. The Morgan fingerprint density at radius 3 is 2.46 bits per heavy atom. The van der Waals surface area contributed by atoms with E-state index in [0.717, 1.165) is 29.2 Å². The lowest BCUT2D eigenvalue weighted by molar-refractivity contribution is -0.134. The van der Waals surface area contributed by atoms with Gasteiger partial charge in [0, 0.05) is 5.56 Å². The maximum absolute atomic E-state index is 12.9. The molecule has 0 atom stereocenters. The van der Waals surface area contributed by atoms with Crippen molar-refractivity contribution in [1.82, 2.24) is 25.7 Å². The SMILES string of the molecule is Cc1nc2ccc(C(=O)NN3C(=O)NC4(CCC(C)CC4)C3=O)cc2nc1C. The number of imide groups is 1. The number of nitrogens with one attached hydrogen (secondary N) is 2. The molecule has 8 nitrogen and oxygen atoms in total. The molecule has 1 saturated heterocycles. The number of nitrogens with zero attached hydrogens (tertiary/aromatic N) is 3. The lowest BCUT2D eigenvalue weighted by Gasteiger charge is -2.33. The van der Waals surface area contributed by atoms with E-state index in [1.165, 1.54) is 0 Å². The average Bonchev–Trinajstić information content (AvgIpc) is 2.89. The van der Waals surface area contributed by atoms with Crippen LogP contribution in [-0.4, -0.2) is 38.4 Å². The largest absolute Gasteiger partial charge is 0.344 e. The van der Waals surface area contributed by atoms with Gasteiger partial charge in [-0.25, -0.2) is 14.8 Å². The van der Waals surface area contributed by atoms with E-state index < -0.39 is 17.5 Å². The van der Waals surface area contributed by atoms with E-state index in [9.17, 15) is 14.4 Å². The fraction of sp³-hybridized carbons (Fsp3) is 0.450. The van der Waals surface area contributed by atoms with Crippen LogP contribution in [0.25, 0.3) is 11.0 Å². The molecule has 8 heteroatoms. The Hall–Kier alpha value is -3.03. The number of carbonyl (C=O) groups is 3. The van der Waals surface area contributed by atoms with Gasteiger partial charge in [0.1, 0.15) is 5.54 Å². The van der Waals surface area contributed by atoms with Gasteiger partial charge in [0.05, 0.1) is 22.4 Å². The molecule has 2 aliphatic rings. The summed E-state index contributed by atoms with van der Waals surface area (Å²) in [7, 11) is 0. The molecule has 4 rings (SSSR count). The van der Waals surface area contributed by atoms with Crippen LogP contribution in [0.2, 0.25) is 0 Å². The summed E-state index contributed by atoms with van der Waals surface area (Å²) in [6.07, 6.45) is 2.93. The van der Waals surface area contributed by atoms with Crippen LogP contribution in [0, 0.1) is 19.8 Å². The fourth-order valence-corrected chi connectivity index (χ4v) is 3.85. The van der Waals surface area contributed by atoms with Crippen molar-refractivity contribution in [2.75, 3.05) is 0 Å². The highest BCUT2D eigenvalue weighted by molar-refractivity contribution is 6.09. The Morgan fingerprint density at radius 2 is 1.79 bits per heavy atom. The van der Waals surface area contributed by atoms with Gasteiger partial charge < -0.3 is 5.32 Å². The minimum absolute atomic E-state index is 0.309. The number of hydrazine groups is 1. The van der Waals surface area contributed by atoms with Crippen LogP contribution in [0.1, 0.15) is 54.4 Å². The zero-order chi connectivity index (χ0) is 20.1. The number of hydrogen-bond acceptors (Lipinski definition) is 5. The van der Waals surface area contributed by atoms with E-state index in [1.54, 1.807) is 18.2 Å². The van der Waals surface area contributed by atoms with Crippen molar-refractivity contribution in [2.45, 2.75) is 52.0 Å². The molecule has 0 unspecified atom stereocenters. The number of fused-ring (bicyclic) bond motifs is 1. The number of aromatic nitrogens is 2. The molecule has 2 heterocycles. The highest BCUT2D eigenvalue weighted by Crippen LogP contribution is 2.35. The first-order valence-corrected chi connectivity index (χ1v) is 9.52. The predicted molar refractivity (Wildman–Crippen MR) is 102 cm³/mol. The normalized spacial score (nSPS) is 24.7. The van der Waals surface area contributed by atoms with Crippen molar-refractivity contribution in [3.05, 3.63) is 35.2 Å². The summed E-state index contributed by atoms with van der Waals surface area (Å²) in [6.45, 7) is 5.87. The topological polar surface area (TPSA) is 104 Å². The quantitative estimate of drug-likeness (QED) is 0.778. The molecule has 1 aliphatic heterocycles. The Balaban J connectivity index is 1.55. The maximum Gasteiger partial charge on any atom is 0.344 e. The van der Waals surface area contributed by atoms with Crippen molar-refractivity contribution < 1.29 is 14.4 Å². The van der Waals surface area contributed by atoms with Gasteiger partial charge in [0.2, 0.25) is 0 Å². The van der Waals surface area contributed by atoms with E-state index in [2.05, 4.69) is 27.6 Å². The average molecular weight is 381 g/mol. The third-order valence-corrected chi connectivity index (χ3v) is 5.84. The summed E-state index contributed by atoms with van der Waals surface area (Å²) in [6, 6.07) is 4.35. The van der Waals surface area contributed by atoms with Crippen molar-refractivity contribution in [3.63, 3.8) is 0 Å². The predicted octanol–water partition coefficient (Wildman–Crippen LogP) is 2.39.